The molecule has 20 heavy (non-hydrogen) atoms. The van der Waals surface area contributed by atoms with Crippen LogP contribution in [0.2, 0.25) is 0 Å². The lowest BCUT2D eigenvalue weighted by molar-refractivity contribution is 0.0539. The van der Waals surface area contributed by atoms with E-state index in [9.17, 15) is 14.3 Å². The predicted molar refractivity (Wildman–Crippen MR) is 72.8 cm³/mol. The van der Waals surface area contributed by atoms with Gasteiger partial charge in [-0.2, -0.15) is 4.39 Å². The van der Waals surface area contributed by atoms with Gasteiger partial charge in [0.05, 0.1) is 12.2 Å². The summed E-state index contributed by atoms with van der Waals surface area (Å²) in [6.07, 6.45) is 3.02. The van der Waals surface area contributed by atoms with Crippen LogP contribution >= 0.6 is 0 Å². The number of amides is 1. The van der Waals surface area contributed by atoms with Crippen molar-refractivity contribution in [2.75, 3.05) is 33.3 Å². The highest BCUT2D eigenvalue weighted by Gasteiger charge is 2.27. The number of piperidine rings is 1. The Balaban J connectivity index is 2.11. The first kappa shape index (κ1) is 14.9. The van der Waals surface area contributed by atoms with Gasteiger partial charge in [-0.15, -0.1) is 0 Å². The maximum atomic E-state index is 12.8. The first-order valence-corrected chi connectivity index (χ1v) is 6.83. The van der Waals surface area contributed by atoms with Crippen LogP contribution in [0.5, 0.6) is 0 Å². The summed E-state index contributed by atoms with van der Waals surface area (Å²) in [5, 5.41) is 9.18. The Kier molecular flexibility index (Phi) is 5.03. The quantitative estimate of drug-likeness (QED) is 0.828. The maximum absolute atomic E-state index is 12.8. The lowest BCUT2D eigenvalue weighted by atomic mass is 10.0. The zero-order valence-corrected chi connectivity index (χ0v) is 11.6. The minimum Gasteiger partial charge on any atom is -0.395 e. The van der Waals surface area contributed by atoms with Gasteiger partial charge in [0.25, 0.3) is 5.91 Å². The van der Waals surface area contributed by atoms with Crippen molar-refractivity contribution in [3.05, 3.63) is 29.8 Å². The fourth-order valence-corrected chi connectivity index (χ4v) is 2.53. The molecule has 1 aromatic rings. The minimum atomic E-state index is -0.602. The lowest BCUT2D eigenvalue weighted by Gasteiger charge is -2.37. The summed E-state index contributed by atoms with van der Waals surface area (Å²) in [6.45, 7) is 2.08. The highest BCUT2D eigenvalue weighted by Crippen LogP contribution is 2.18. The molecule has 0 aliphatic carbocycles. The number of hydrogen-bond donors (Lipinski definition) is 1. The van der Waals surface area contributed by atoms with E-state index in [0.29, 0.717) is 12.1 Å². The third kappa shape index (κ3) is 3.52. The summed E-state index contributed by atoms with van der Waals surface area (Å²) in [6, 6.07) is 2.74. The molecule has 1 aliphatic heterocycles. The van der Waals surface area contributed by atoms with Gasteiger partial charge in [-0.1, -0.05) is 0 Å². The van der Waals surface area contributed by atoms with Gasteiger partial charge in [-0.05, 0) is 45.1 Å². The molecule has 110 valence electrons. The van der Waals surface area contributed by atoms with E-state index in [1.54, 1.807) is 4.90 Å². The average molecular weight is 281 g/mol. The number of nitrogens with zero attached hydrogens (tertiary/aromatic N) is 3. The highest BCUT2D eigenvalue weighted by molar-refractivity contribution is 5.94. The molecule has 1 fully saturated rings. The van der Waals surface area contributed by atoms with E-state index in [2.05, 4.69) is 16.9 Å². The molecule has 1 saturated heterocycles. The second-order valence-electron chi connectivity index (χ2n) is 5.13. The van der Waals surface area contributed by atoms with E-state index < -0.39 is 5.95 Å². The molecule has 0 spiro atoms. The molecule has 5 nitrogen and oxygen atoms in total. The van der Waals surface area contributed by atoms with E-state index in [0.717, 1.165) is 25.9 Å². The normalized spacial score (nSPS) is 17.1. The number of aliphatic hydroxyl groups excluding tert-OH is 1. The van der Waals surface area contributed by atoms with Crippen LogP contribution in [0.4, 0.5) is 4.39 Å². The summed E-state index contributed by atoms with van der Waals surface area (Å²) < 4.78 is 12.8. The van der Waals surface area contributed by atoms with Crippen LogP contribution in [-0.2, 0) is 0 Å². The van der Waals surface area contributed by atoms with Crippen LogP contribution in [0.1, 0.15) is 23.2 Å². The lowest BCUT2D eigenvalue weighted by Crippen LogP contribution is -2.47. The molecule has 2 rings (SSSR count). The maximum Gasteiger partial charge on any atom is 0.255 e. The smallest absolute Gasteiger partial charge is 0.255 e. The number of rotatable bonds is 4. The van der Waals surface area contributed by atoms with Crippen molar-refractivity contribution in [2.45, 2.75) is 18.9 Å². The third-order valence-electron chi connectivity index (χ3n) is 3.70. The van der Waals surface area contributed by atoms with Gasteiger partial charge in [0, 0.05) is 18.8 Å². The molecule has 0 atom stereocenters. The van der Waals surface area contributed by atoms with E-state index in [1.165, 1.54) is 18.3 Å². The molecule has 0 unspecified atom stereocenters. The predicted octanol–water partition coefficient (Wildman–Crippen LogP) is 0.749. The first-order valence-electron chi connectivity index (χ1n) is 6.83. The summed E-state index contributed by atoms with van der Waals surface area (Å²) >= 11 is 0. The molecule has 1 aliphatic rings. The molecule has 1 N–H and O–H groups in total. The number of hydrogen-bond acceptors (Lipinski definition) is 4. The van der Waals surface area contributed by atoms with E-state index in [-0.39, 0.29) is 18.6 Å². The Morgan fingerprint density at radius 1 is 1.50 bits per heavy atom. The largest absolute Gasteiger partial charge is 0.395 e. The van der Waals surface area contributed by atoms with Crippen LogP contribution in [0.15, 0.2) is 18.3 Å². The van der Waals surface area contributed by atoms with Crippen molar-refractivity contribution in [3.63, 3.8) is 0 Å². The van der Waals surface area contributed by atoms with Crippen molar-refractivity contribution in [1.82, 2.24) is 14.8 Å². The Morgan fingerprint density at radius 3 is 2.75 bits per heavy atom. The number of halogens is 1. The zero-order chi connectivity index (χ0) is 14.5. The van der Waals surface area contributed by atoms with Gasteiger partial charge in [0.1, 0.15) is 0 Å². The molecule has 0 bridgehead atoms. The molecule has 1 aromatic heterocycles. The van der Waals surface area contributed by atoms with Crippen molar-refractivity contribution < 1.29 is 14.3 Å². The van der Waals surface area contributed by atoms with Crippen LogP contribution in [0.25, 0.3) is 0 Å². The first-order chi connectivity index (χ1) is 9.61. The molecule has 2 heterocycles. The van der Waals surface area contributed by atoms with Crippen LogP contribution in [-0.4, -0.2) is 65.1 Å². The molecule has 1 amide bonds. The topological polar surface area (TPSA) is 56.7 Å². The van der Waals surface area contributed by atoms with Crippen molar-refractivity contribution >= 4 is 5.91 Å². The van der Waals surface area contributed by atoms with Gasteiger partial charge < -0.3 is 14.9 Å². The molecular weight excluding hydrogens is 261 g/mol. The minimum absolute atomic E-state index is 0.0767. The molecule has 0 radical (unpaired) electrons. The van der Waals surface area contributed by atoms with Gasteiger partial charge >= 0.3 is 0 Å². The van der Waals surface area contributed by atoms with Crippen LogP contribution in [0, 0.1) is 5.95 Å². The van der Waals surface area contributed by atoms with Crippen LogP contribution < -0.4 is 0 Å². The second kappa shape index (κ2) is 6.76. The van der Waals surface area contributed by atoms with Crippen LogP contribution in [0.3, 0.4) is 0 Å². The fourth-order valence-electron chi connectivity index (χ4n) is 2.53. The number of carbonyl (C=O) groups is 1. The Labute approximate surface area is 118 Å². The summed E-state index contributed by atoms with van der Waals surface area (Å²) in [5.74, 6) is -0.796. The number of pyridine rings is 1. The molecule has 0 aromatic carbocycles. The average Bonchev–Trinajstić information content (AvgIpc) is 2.46. The van der Waals surface area contributed by atoms with Gasteiger partial charge in [0.2, 0.25) is 5.95 Å². The van der Waals surface area contributed by atoms with Gasteiger partial charge in [-0.25, -0.2) is 4.98 Å². The number of aromatic nitrogens is 1. The summed E-state index contributed by atoms with van der Waals surface area (Å²) in [5.41, 5.74) is 0.360. The van der Waals surface area contributed by atoms with E-state index in [4.69, 9.17) is 0 Å². The van der Waals surface area contributed by atoms with Crippen molar-refractivity contribution in [2.24, 2.45) is 0 Å². The highest BCUT2D eigenvalue weighted by atomic mass is 19.1. The molecule has 6 heteroatoms. The monoisotopic (exact) mass is 281 g/mol. The Morgan fingerprint density at radius 2 is 2.20 bits per heavy atom. The number of aliphatic hydroxyl groups is 1. The van der Waals surface area contributed by atoms with E-state index in [1.807, 2.05) is 0 Å². The number of likely N-dealkylation sites (tertiary alicyclic amines) is 1. The molecule has 0 saturated carbocycles. The fraction of sp³-hybridized carbons (Fsp3) is 0.571. The molecular formula is C14H20FN3O2. The Bertz CT molecular complexity index is 444. The van der Waals surface area contributed by atoms with Gasteiger partial charge in [0.15, 0.2) is 0 Å². The Hall–Kier alpha value is -1.53. The second-order valence-corrected chi connectivity index (χ2v) is 5.13. The standard InChI is InChI=1S/C14H20FN3O2/c1-17-6-4-12(5-7-17)18(8-9-19)14(20)11-2-3-13(15)16-10-11/h2-3,10,12,19H,4-9H2,1H3. The number of carbonyl (C=O) groups excluding carboxylic acids is 1. The summed E-state index contributed by atoms with van der Waals surface area (Å²) in [7, 11) is 2.05. The van der Waals surface area contributed by atoms with Crippen molar-refractivity contribution in [1.29, 1.82) is 0 Å². The van der Waals surface area contributed by atoms with E-state index >= 15 is 0 Å². The van der Waals surface area contributed by atoms with Crippen molar-refractivity contribution in [3.8, 4) is 0 Å². The zero-order valence-electron chi connectivity index (χ0n) is 11.6. The summed E-state index contributed by atoms with van der Waals surface area (Å²) in [4.78, 5) is 19.9. The third-order valence-corrected chi connectivity index (χ3v) is 3.70. The SMILES string of the molecule is CN1CCC(N(CCO)C(=O)c2ccc(F)nc2)CC1. The van der Waals surface area contributed by atoms with Gasteiger partial charge in [-0.3, -0.25) is 4.79 Å².